The predicted octanol–water partition coefficient (Wildman–Crippen LogP) is 1.77. The summed E-state index contributed by atoms with van der Waals surface area (Å²) in [5, 5.41) is 8.31. The van der Waals surface area contributed by atoms with Gasteiger partial charge in [-0.2, -0.15) is 24.7 Å². The minimum absolute atomic E-state index is 0.407. The van der Waals surface area contributed by atoms with Crippen LogP contribution in [0.1, 0.15) is 27.2 Å². The maximum Gasteiger partial charge on any atom is 0.257 e. The van der Waals surface area contributed by atoms with Crippen molar-refractivity contribution >= 4 is 17.7 Å². The topological polar surface area (TPSA) is 81.4 Å². The first-order valence-electron chi connectivity index (χ1n) is 6.20. The zero-order valence-corrected chi connectivity index (χ0v) is 12.1. The summed E-state index contributed by atoms with van der Waals surface area (Å²) < 4.78 is 1.53. The largest absolute Gasteiger partial charge is 0.354 e. The first-order valence-corrected chi connectivity index (χ1v) is 7.08. The van der Waals surface area contributed by atoms with E-state index in [1.165, 1.54) is 11.0 Å². The van der Waals surface area contributed by atoms with E-state index in [-0.39, 0.29) is 0 Å². The number of nitrogens with zero attached hydrogens (tertiary/aromatic N) is 6. The SMILES string of the molecule is CCCNc1nc(SC(C)C)nc(-n2cncn2)n1. The van der Waals surface area contributed by atoms with Crippen molar-refractivity contribution in [3.05, 3.63) is 12.7 Å². The molecule has 2 heterocycles. The molecular formula is C11H17N7S. The molecule has 0 unspecified atom stereocenters. The zero-order valence-electron chi connectivity index (χ0n) is 11.2. The Kier molecular flexibility index (Phi) is 4.67. The molecule has 0 saturated carbocycles. The highest BCUT2D eigenvalue weighted by molar-refractivity contribution is 7.99. The van der Waals surface area contributed by atoms with Crippen LogP contribution in [-0.4, -0.2) is 41.5 Å². The smallest absolute Gasteiger partial charge is 0.257 e. The molecule has 0 radical (unpaired) electrons. The number of aromatic nitrogens is 6. The number of nitrogens with one attached hydrogen (secondary N) is 1. The maximum atomic E-state index is 4.39. The van der Waals surface area contributed by atoms with E-state index in [0.717, 1.165) is 13.0 Å². The Morgan fingerprint density at radius 2 is 2.16 bits per heavy atom. The normalized spacial score (nSPS) is 10.9. The average molecular weight is 279 g/mol. The highest BCUT2D eigenvalue weighted by Gasteiger charge is 2.10. The molecule has 7 nitrogen and oxygen atoms in total. The van der Waals surface area contributed by atoms with Gasteiger partial charge in [0.05, 0.1) is 0 Å². The van der Waals surface area contributed by atoms with Crippen molar-refractivity contribution in [2.24, 2.45) is 0 Å². The van der Waals surface area contributed by atoms with Crippen LogP contribution in [0, 0.1) is 0 Å². The molecule has 2 aromatic rings. The Bertz CT molecular complexity index is 512. The lowest BCUT2D eigenvalue weighted by atomic mass is 10.5. The highest BCUT2D eigenvalue weighted by atomic mass is 32.2. The molecule has 0 bridgehead atoms. The van der Waals surface area contributed by atoms with Gasteiger partial charge in [-0.3, -0.25) is 0 Å². The van der Waals surface area contributed by atoms with Gasteiger partial charge in [0, 0.05) is 11.8 Å². The summed E-state index contributed by atoms with van der Waals surface area (Å²) in [6.45, 7) is 7.12. The van der Waals surface area contributed by atoms with Gasteiger partial charge in [0.25, 0.3) is 5.95 Å². The molecule has 0 aliphatic heterocycles. The molecule has 8 heteroatoms. The van der Waals surface area contributed by atoms with Gasteiger partial charge in [-0.1, -0.05) is 32.5 Å². The van der Waals surface area contributed by atoms with Gasteiger partial charge in [-0.15, -0.1) is 0 Å². The Morgan fingerprint density at radius 1 is 1.32 bits per heavy atom. The Balaban J connectivity index is 2.31. The van der Waals surface area contributed by atoms with Crippen LogP contribution in [0.25, 0.3) is 5.95 Å². The number of hydrogen-bond donors (Lipinski definition) is 1. The van der Waals surface area contributed by atoms with Gasteiger partial charge in [0.1, 0.15) is 12.7 Å². The molecule has 2 rings (SSSR count). The van der Waals surface area contributed by atoms with Gasteiger partial charge < -0.3 is 5.32 Å². The molecule has 1 N–H and O–H groups in total. The van der Waals surface area contributed by atoms with Crippen molar-refractivity contribution in [3.63, 3.8) is 0 Å². The molecule has 0 amide bonds. The summed E-state index contributed by atoms with van der Waals surface area (Å²) in [5.74, 6) is 1.06. The van der Waals surface area contributed by atoms with Crippen LogP contribution in [0.15, 0.2) is 17.8 Å². The lowest BCUT2D eigenvalue weighted by molar-refractivity contribution is 0.755. The zero-order chi connectivity index (χ0) is 13.7. The molecule has 2 aromatic heterocycles. The van der Waals surface area contributed by atoms with E-state index < -0.39 is 0 Å². The third kappa shape index (κ3) is 3.88. The van der Waals surface area contributed by atoms with Crippen molar-refractivity contribution < 1.29 is 0 Å². The van der Waals surface area contributed by atoms with Crippen LogP contribution >= 0.6 is 11.8 Å². The first-order chi connectivity index (χ1) is 9.19. The van der Waals surface area contributed by atoms with E-state index in [0.29, 0.717) is 22.3 Å². The Hall–Kier alpha value is -1.70. The summed E-state index contributed by atoms with van der Waals surface area (Å²) >= 11 is 1.59. The van der Waals surface area contributed by atoms with Crippen molar-refractivity contribution in [2.75, 3.05) is 11.9 Å². The van der Waals surface area contributed by atoms with Gasteiger partial charge in [-0.25, -0.2) is 4.98 Å². The quantitative estimate of drug-likeness (QED) is 0.807. The monoisotopic (exact) mass is 279 g/mol. The third-order valence-corrected chi connectivity index (χ3v) is 2.97. The minimum Gasteiger partial charge on any atom is -0.354 e. The number of rotatable bonds is 6. The second-order valence-electron chi connectivity index (χ2n) is 4.18. The molecule has 0 aliphatic carbocycles. The summed E-state index contributed by atoms with van der Waals surface area (Å²) in [6, 6.07) is 0. The van der Waals surface area contributed by atoms with E-state index >= 15 is 0 Å². The summed E-state index contributed by atoms with van der Waals surface area (Å²) in [7, 11) is 0. The summed E-state index contributed by atoms with van der Waals surface area (Å²) in [4.78, 5) is 17.0. The van der Waals surface area contributed by atoms with E-state index in [1.54, 1.807) is 18.1 Å². The number of thioether (sulfide) groups is 1. The molecule has 19 heavy (non-hydrogen) atoms. The van der Waals surface area contributed by atoms with Crippen molar-refractivity contribution in [1.82, 2.24) is 29.7 Å². The molecule has 0 spiro atoms. The molecule has 102 valence electrons. The van der Waals surface area contributed by atoms with Crippen LogP contribution in [0.2, 0.25) is 0 Å². The third-order valence-electron chi connectivity index (χ3n) is 2.10. The summed E-state index contributed by atoms with van der Waals surface area (Å²) in [6.07, 6.45) is 4.04. The van der Waals surface area contributed by atoms with Crippen molar-refractivity contribution in [1.29, 1.82) is 0 Å². The molecule has 0 fully saturated rings. The lowest BCUT2D eigenvalue weighted by Gasteiger charge is -2.08. The minimum atomic E-state index is 0.407. The van der Waals surface area contributed by atoms with Crippen LogP contribution in [0.5, 0.6) is 0 Å². The van der Waals surface area contributed by atoms with E-state index in [4.69, 9.17) is 0 Å². The second-order valence-corrected chi connectivity index (χ2v) is 5.72. The molecule has 0 saturated heterocycles. The fraction of sp³-hybridized carbons (Fsp3) is 0.545. The van der Waals surface area contributed by atoms with E-state index in [2.05, 4.69) is 51.1 Å². The lowest BCUT2D eigenvalue weighted by Crippen LogP contribution is -2.11. The Labute approximate surface area is 116 Å². The van der Waals surface area contributed by atoms with Crippen LogP contribution < -0.4 is 5.32 Å². The standard InChI is InChI=1S/C11H17N7S/c1-4-5-13-9-15-10(18-7-12-6-14-18)17-11(16-9)19-8(2)3/h6-8H,4-5H2,1-3H3,(H,13,15,16,17). The van der Waals surface area contributed by atoms with Gasteiger partial charge in [-0.05, 0) is 6.42 Å². The average Bonchev–Trinajstić information content (AvgIpc) is 2.89. The predicted molar refractivity (Wildman–Crippen MR) is 74.5 cm³/mol. The first kappa shape index (κ1) is 13.7. The van der Waals surface area contributed by atoms with Crippen molar-refractivity contribution in [2.45, 2.75) is 37.6 Å². The van der Waals surface area contributed by atoms with Crippen LogP contribution in [0.4, 0.5) is 5.95 Å². The Morgan fingerprint density at radius 3 is 2.79 bits per heavy atom. The molecule has 0 aliphatic rings. The maximum absolute atomic E-state index is 4.39. The number of anilines is 1. The summed E-state index contributed by atoms with van der Waals surface area (Å²) in [5.41, 5.74) is 0. The van der Waals surface area contributed by atoms with Crippen molar-refractivity contribution in [3.8, 4) is 5.95 Å². The molecule has 0 aromatic carbocycles. The highest BCUT2D eigenvalue weighted by Crippen LogP contribution is 2.20. The van der Waals surface area contributed by atoms with Crippen LogP contribution in [0.3, 0.4) is 0 Å². The fourth-order valence-electron chi connectivity index (χ4n) is 1.34. The molecule has 0 atom stereocenters. The number of hydrogen-bond acceptors (Lipinski definition) is 7. The second kappa shape index (κ2) is 6.46. The molecular weight excluding hydrogens is 262 g/mol. The van der Waals surface area contributed by atoms with Gasteiger partial charge in [0.2, 0.25) is 5.95 Å². The van der Waals surface area contributed by atoms with Gasteiger partial charge in [0.15, 0.2) is 5.16 Å². The fourth-order valence-corrected chi connectivity index (χ4v) is 2.03. The van der Waals surface area contributed by atoms with Crippen LogP contribution in [-0.2, 0) is 0 Å². The van der Waals surface area contributed by atoms with Gasteiger partial charge >= 0.3 is 0 Å². The van der Waals surface area contributed by atoms with E-state index in [9.17, 15) is 0 Å². The van der Waals surface area contributed by atoms with E-state index in [1.807, 2.05) is 0 Å².